The molecule has 0 unspecified atom stereocenters. The largest absolute Gasteiger partial charge is 0.301 e. The number of anilines is 2. The zero-order valence-corrected chi connectivity index (χ0v) is 14.0. The molecule has 118 valence electrons. The molecule has 0 aliphatic rings. The number of aromatic nitrogens is 2. The molecule has 0 saturated carbocycles. The number of aryl methyl sites for hydroxylation is 2. The van der Waals surface area contributed by atoms with Gasteiger partial charge in [0.25, 0.3) is 14.4 Å². The van der Waals surface area contributed by atoms with E-state index in [2.05, 4.69) is 20.2 Å². The summed E-state index contributed by atoms with van der Waals surface area (Å²) >= 11 is 0.799. The van der Waals surface area contributed by atoms with Gasteiger partial charge in [0.05, 0.1) is 5.69 Å². The molecule has 22 heavy (non-hydrogen) atoms. The summed E-state index contributed by atoms with van der Waals surface area (Å²) in [6.45, 7) is 5.13. The van der Waals surface area contributed by atoms with Crippen molar-refractivity contribution in [2.75, 3.05) is 10.0 Å². The highest BCUT2D eigenvalue weighted by Gasteiger charge is 2.21. The van der Waals surface area contributed by atoms with Crippen molar-refractivity contribution in [3.63, 3.8) is 0 Å². The highest BCUT2D eigenvalue weighted by molar-refractivity contribution is 7.94. The maximum absolute atomic E-state index is 12.3. The summed E-state index contributed by atoms with van der Waals surface area (Å²) in [5.41, 5.74) is 2.35. The number of carbonyl (C=O) groups excluding carboxylic acids is 1. The predicted molar refractivity (Wildman–Crippen MR) is 85.6 cm³/mol. The van der Waals surface area contributed by atoms with Gasteiger partial charge >= 0.3 is 0 Å². The second-order valence-electron chi connectivity index (χ2n) is 4.66. The molecule has 7 nitrogen and oxygen atoms in total. The molecule has 1 heterocycles. The van der Waals surface area contributed by atoms with Crippen molar-refractivity contribution in [1.29, 1.82) is 0 Å². The average Bonchev–Trinajstić information content (AvgIpc) is 2.89. The van der Waals surface area contributed by atoms with Crippen LogP contribution < -0.4 is 10.0 Å². The summed E-state index contributed by atoms with van der Waals surface area (Å²) < 4.78 is 27.0. The third-order valence-electron chi connectivity index (χ3n) is 2.87. The van der Waals surface area contributed by atoms with Crippen LogP contribution in [0, 0.1) is 6.92 Å². The van der Waals surface area contributed by atoms with Crippen LogP contribution in [0.2, 0.25) is 0 Å². The van der Waals surface area contributed by atoms with Gasteiger partial charge in [0, 0.05) is 6.92 Å². The molecule has 0 fully saturated rings. The Morgan fingerprint density at radius 1 is 1.32 bits per heavy atom. The van der Waals surface area contributed by atoms with E-state index in [4.69, 9.17) is 0 Å². The van der Waals surface area contributed by atoms with Gasteiger partial charge in [-0.3, -0.25) is 9.52 Å². The number of amides is 1. The minimum absolute atomic E-state index is 0.145. The lowest BCUT2D eigenvalue weighted by atomic mass is 10.1. The molecule has 2 aromatic rings. The summed E-state index contributed by atoms with van der Waals surface area (Å²) in [5.74, 6) is -0.334. The van der Waals surface area contributed by atoms with Gasteiger partial charge in [-0.2, -0.15) is 8.42 Å². The summed E-state index contributed by atoms with van der Waals surface area (Å²) in [4.78, 5) is 10.9. The summed E-state index contributed by atoms with van der Waals surface area (Å²) in [7, 11) is -3.83. The topological polar surface area (TPSA) is 101 Å². The van der Waals surface area contributed by atoms with Gasteiger partial charge < -0.3 is 5.32 Å². The molecule has 0 radical (unpaired) electrons. The predicted octanol–water partition coefficient (Wildman–Crippen LogP) is 2.17. The third-order valence-corrected chi connectivity index (χ3v) is 5.45. The molecule has 0 bridgehead atoms. The Labute approximate surface area is 132 Å². The van der Waals surface area contributed by atoms with E-state index >= 15 is 0 Å². The number of nitrogens with zero attached hydrogens (tertiary/aromatic N) is 2. The second-order valence-corrected chi connectivity index (χ2v) is 7.50. The molecule has 0 aliphatic carbocycles. The Morgan fingerprint density at radius 3 is 2.68 bits per heavy atom. The van der Waals surface area contributed by atoms with E-state index in [-0.39, 0.29) is 15.4 Å². The molecule has 0 aliphatic heterocycles. The van der Waals surface area contributed by atoms with Crippen molar-refractivity contribution in [3.8, 4) is 0 Å². The highest BCUT2D eigenvalue weighted by atomic mass is 32.2. The van der Waals surface area contributed by atoms with Crippen molar-refractivity contribution >= 4 is 38.1 Å². The van der Waals surface area contributed by atoms with Crippen molar-refractivity contribution < 1.29 is 13.2 Å². The zero-order chi connectivity index (χ0) is 16.3. The minimum atomic E-state index is -3.83. The van der Waals surface area contributed by atoms with Gasteiger partial charge in [-0.05, 0) is 30.5 Å². The Kier molecular flexibility index (Phi) is 4.77. The van der Waals surface area contributed by atoms with Gasteiger partial charge in [0.1, 0.15) is 0 Å². The molecular weight excluding hydrogens is 324 g/mol. The molecule has 9 heteroatoms. The van der Waals surface area contributed by atoms with Gasteiger partial charge in [0.2, 0.25) is 11.0 Å². The molecule has 1 aromatic carbocycles. The molecule has 2 rings (SSSR count). The first-order valence-electron chi connectivity index (χ1n) is 6.55. The fourth-order valence-corrected chi connectivity index (χ4v) is 3.78. The number of hydrogen-bond acceptors (Lipinski definition) is 6. The molecular formula is C13H16N4O3S2. The van der Waals surface area contributed by atoms with E-state index in [0.717, 1.165) is 28.9 Å². The number of carbonyl (C=O) groups is 1. The van der Waals surface area contributed by atoms with Crippen molar-refractivity contribution in [3.05, 3.63) is 29.3 Å². The molecule has 0 atom stereocenters. The van der Waals surface area contributed by atoms with Crippen LogP contribution in [0.15, 0.2) is 22.5 Å². The van der Waals surface area contributed by atoms with E-state index in [9.17, 15) is 13.2 Å². The average molecular weight is 340 g/mol. The lowest BCUT2D eigenvalue weighted by Crippen LogP contribution is -2.13. The second kappa shape index (κ2) is 6.41. The van der Waals surface area contributed by atoms with Gasteiger partial charge in [-0.15, -0.1) is 10.2 Å². The van der Waals surface area contributed by atoms with Crippen LogP contribution in [-0.2, 0) is 21.2 Å². The molecule has 0 saturated heterocycles. The van der Waals surface area contributed by atoms with Gasteiger partial charge in [-0.25, -0.2) is 0 Å². The molecule has 1 amide bonds. The van der Waals surface area contributed by atoms with E-state index < -0.39 is 10.0 Å². The Hall–Kier alpha value is -2.00. The summed E-state index contributed by atoms with van der Waals surface area (Å²) in [5, 5.41) is 9.80. The monoisotopic (exact) mass is 340 g/mol. The number of hydrogen-bond donors (Lipinski definition) is 2. The normalized spacial score (nSPS) is 11.2. The number of nitrogens with one attached hydrogen (secondary N) is 2. The maximum Gasteiger partial charge on any atom is 0.291 e. The number of rotatable bonds is 5. The van der Waals surface area contributed by atoms with Gasteiger partial charge in [0.15, 0.2) is 0 Å². The highest BCUT2D eigenvalue weighted by Crippen LogP contribution is 2.25. The summed E-state index contributed by atoms with van der Waals surface area (Å²) in [6, 6.07) is 5.61. The summed E-state index contributed by atoms with van der Waals surface area (Å²) in [6.07, 6.45) is 0.806. The minimum Gasteiger partial charge on any atom is -0.301 e. The first-order chi connectivity index (χ1) is 10.3. The van der Waals surface area contributed by atoms with Crippen LogP contribution >= 0.6 is 11.3 Å². The first kappa shape index (κ1) is 16.4. The lowest BCUT2D eigenvalue weighted by Gasteiger charge is -2.10. The standard InChI is InChI=1S/C13H16N4O3S2/c1-4-10-6-5-8(2)11(7-10)17-22(19,20)13-16-15-12(21-13)14-9(3)18/h5-7,17H,4H2,1-3H3,(H,14,15,18). The fourth-order valence-electron chi connectivity index (χ4n) is 1.71. The van der Waals surface area contributed by atoms with Crippen LogP contribution in [0.1, 0.15) is 25.0 Å². The molecule has 1 aromatic heterocycles. The van der Waals surface area contributed by atoms with Crippen LogP contribution in [-0.4, -0.2) is 24.5 Å². The zero-order valence-electron chi connectivity index (χ0n) is 12.4. The van der Waals surface area contributed by atoms with Crippen molar-refractivity contribution in [2.45, 2.75) is 31.5 Å². The maximum atomic E-state index is 12.3. The van der Waals surface area contributed by atoms with Crippen molar-refractivity contribution in [1.82, 2.24) is 10.2 Å². The Balaban J connectivity index is 2.28. The van der Waals surface area contributed by atoms with Crippen LogP contribution in [0.25, 0.3) is 0 Å². The smallest absolute Gasteiger partial charge is 0.291 e. The Morgan fingerprint density at radius 2 is 2.05 bits per heavy atom. The molecule has 2 N–H and O–H groups in total. The van der Waals surface area contributed by atoms with Crippen LogP contribution in [0.3, 0.4) is 0 Å². The van der Waals surface area contributed by atoms with Gasteiger partial charge in [-0.1, -0.05) is 30.4 Å². The first-order valence-corrected chi connectivity index (χ1v) is 8.85. The van der Waals surface area contributed by atoms with E-state index in [1.807, 2.05) is 26.0 Å². The van der Waals surface area contributed by atoms with E-state index in [1.54, 1.807) is 6.07 Å². The molecule has 0 spiro atoms. The van der Waals surface area contributed by atoms with E-state index in [1.165, 1.54) is 6.92 Å². The van der Waals surface area contributed by atoms with E-state index in [0.29, 0.717) is 5.69 Å². The fraction of sp³-hybridized carbons (Fsp3) is 0.308. The third kappa shape index (κ3) is 3.80. The number of sulfonamides is 1. The quantitative estimate of drug-likeness (QED) is 0.812. The van der Waals surface area contributed by atoms with Crippen molar-refractivity contribution in [2.24, 2.45) is 0 Å². The van der Waals surface area contributed by atoms with Crippen LogP contribution in [0.4, 0.5) is 10.8 Å². The Bertz CT molecular complexity index is 799. The SMILES string of the molecule is CCc1ccc(C)c(NS(=O)(=O)c2nnc(NC(C)=O)s2)c1. The lowest BCUT2D eigenvalue weighted by molar-refractivity contribution is -0.114. The van der Waals surface area contributed by atoms with Crippen LogP contribution in [0.5, 0.6) is 0 Å². The number of benzene rings is 1.